The third-order valence-corrected chi connectivity index (χ3v) is 6.51. The smallest absolute Gasteiger partial charge is 0.191 e. The number of rotatable bonds is 5. The van der Waals surface area contributed by atoms with Gasteiger partial charge in [-0.3, -0.25) is 0 Å². The van der Waals surface area contributed by atoms with Crippen LogP contribution < -0.4 is 5.73 Å². The summed E-state index contributed by atoms with van der Waals surface area (Å²) in [6, 6.07) is 6.58. The largest absolute Gasteiger partial charge is 0.383 e. The van der Waals surface area contributed by atoms with Crippen LogP contribution in [0, 0.1) is 5.82 Å². The zero-order chi connectivity index (χ0) is 18.1. The van der Waals surface area contributed by atoms with Gasteiger partial charge in [0.25, 0.3) is 0 Å². The zero-order valence-corrected chi connectivity index (χ0v) is 16.1. The molecule has 7 heteroatoms. The van der Waals surface area contributed by atoms with Crippen molar-refractivity contribution in [3.63, 3.8) is 0 Å². The van der Waals surface area contributed by atoms with Gasteiger partial charge in [0, 0.05) is 17.1 Å². The van der Waals surface area contributed by atoms with Gasteiger partial charge >= 0.3 is 0 Å². The Morgan fingerprint density at radius 3 is 3.08 bits per heavy atom. The van der Waals surface area contributed by atoms with E-state index in [1.807, 2.05) is 6.07 Å². The van der Waals surface area contributed by atoms with E-state index in [0.29, 0.717) is 23.3 Å². The van der Waals surface area contributed by atoms with E-state index in [2.05, 4.69) is 11.9 Å². The lowest BCUT2D eigenvalue weighted by molar-refractivity contribution is 0.0254. The summed E-state index contributed by atoms with van der Waals surface area (Å²) in [4.78, 5) is 11.3. The average Bonchev–Trinajstić information content (AvgIpc) is 2.98. The molecule has 2 aromatic heterocycles. The Morgan fingerprint density at radius 1 is 1.38 bits per heavy atom. The molecule has 0 radical (unpaired) electrons. The number of anilines is 1. The summed E-state index contributed by atoms with van der Waals surface area (Å²) < 4.78 is 19.3. The molecule has 26 heavy (non-hydrogen) atoms. The van der Waals surface area contributed by atoms with Gasteiger partial charge in [0.15, 0.2) is 5.16 Å². The Bertz CT molecular complexity index is 944. The summed E-state index contributed by atoms with van der Waals surface area (Å²) in [5.41, 5.74) is 8.44. The van der Waals surface area contributed by atoms with Crippen LogP contribution in [0.15, 0.2) is 29.4 Å². The molecular formula is C19H20FN3OS2. The van der Waals surface area contributed by atoms with E-state index in [1.165, 1.54) is 34.3 Å². The van der Waals surface area contributed by atoms with Gasteiger partial charge < -0.3 is 10.5 Å². The number of nitrogen functional groups attached to an aromatic ring is 1. The molecule has 1 aliphatic heterocycles. The zero-order valence-electron chi connectivity index (χ0n) is 14.5. The van der Waals surface area contributed by atoms with Gasteiger partial charge in [-0.2, -0.15) is 0 Å². The molecule has 0 fully saturated rings. The van der Waals surface area contributed by atoms with Gasteiger partial charge in [0.2, 0.25) is 0 Å². The monoisotopic (exact) mass is 389 g/mol. The Kier molecular flexibility index (Phi) is 5.11. The Morgan fingerprint density at radius 2 is 2.27 bits per heavy atom. The highest BCUT2D eigenvalue weighted by Gasteiger charge is 2.25. The molecule has 1 atom stereocenters. The second kappa shape index (κ2) is 7.50. The molecule has 136 valence electrons. The highest BCUT2D eigenvalue weighted by Crippen LogP contribution is 2.39. The fourth-order valence-corrected chi connectivity index (χ4v) is 5.25. The van der Waals surface area contributed by atoms with Gasteiger partial charge in [-0.05, 0) is 29.7 Å². The summed E-state index contributed by atoms with van der Waals surface area (Å²) in [5, 5.41) is 1.62. The first kappa shape index (κ1) is 17.7. The minimum absolute atomic E-state index is 0.230. The van der Waals surface area contributed by atoms with E-state index in [9.17, 15) is 4.39 Å². The molecule has 0 saturated carbocycles. The fraction of sp³-hybridized carbons (Fsp3) is 0.368. The number of hydrogen-bond acceptors (Lipinski definition) is 6. The number of thiophene rings is 1. The number of nitrogens with zero attached hydrogens (tertiary/aromatic N) is 2. The van der Waals surface area contributed by atoms with Crippen LogP contribution in [-0.4, -0.2) is 16.1 Å². The Labute approximate surface area is 160 Å². The summed E-state index contributed by atoms with van der Waals surface area (Å²) >= 11 is 3.12. The Balaban J connectivity index is 1.59. The first-order valence-electron chi connectivity index (χ1n) is 8.70. The highest BCUT2D eigenvalue weighted by atomic mass is 32.2. The minimum Gasteiger partial charge on any atom is -0.383 e. The maximum atomic E-state index is 13.3. The summed E-state index contributed by atoms with van der Waals surface area (Å²) in [7, 11) is 0. The van der Waals surface area contributed by atoms with Gasteiger partial charge in [0.1, 0.15) is 16.5 Å². The van der Waals surface area contributed by atoms with E-state index in [4.69, 9.17) is 15.5 Å². The number of halogens is 1. The van der Waals surface area contributed by atoms with Crippen molar-refractivity contribution in [3.05, 3.63) is 46.1 Å². The second-order valence-electron chi connectivity index (χ2n) is 6.42. The first-order valence-corrected chi connectivity index (χ1v) is 10.5. The second-order valence-corrected chi connectivity index (χ2v) is 8.45. The number of aromatic nitrogens is 2. The van der Waals surface area contributed by atoms with Crippen molar-refractivity contribution in [1.29, 1.82) is 0 Å². The van der Waals surface area contributed by atoms with Gasteiger partial charge in [0.05, 0.1) is 18.1 Å². The van der Waals surface area contributed by atoms with Crippen molar-refractivity contribution >= 4 is 39.1 Å². The van der Waals surface area contributed by atoms with Crippen LogP contribution in [0.2, 0.25) is 0 Å². The average molecular weight is 390 g/mol. The van der Waals surface area contributed by atoms with Crippen molar-refractivity contribution in [2.24, 2.45) is 0 Å². The lowest BCUT2D eigenvalue weighted by Gasteiger charge is -2.22. The predicted octanol–water partition coefficient (Wildman–Crippen LogP) is 4.95. The summed E-state index contributed by atoms with van der Waals surface area (Å²) in [6.45, 7) is 2.80. The lowest BCUT2D eigenvalue weighted by Crippen LogP contribution is -2.21. The third kappa shape index (κ3) is 3.56. The van der Waals surface area contributed by atoms with Crippen LogP contribution in [-0.2, 0) is 23.5 Å². The molecule has 1 aliphatic rings. The van der Waals surface area contributed by atoms with Crippen molar-refractivity contribution in [3.8, 4) is 0 Å². The maximum Gasteiger partial charge on any atom is 0.191 e. The summed E-state index contributed by atoms with van der Waals surface area (Å²) in [6.07, 6.45) is 3.30. The normalized spacial score (nSPS) is 16.8. The molecular weight excluding hydrogens is 369 g/mol. The first-order chi connectivity index (χ1) is 12.6. The standard InChI is InChI=1S/C19H20FN3OS2/c1-2-4-13-8-14-15(9-24-13)26-18-16(14)17(21)22-19(23-18)25-10-11-5-3-6-12(20)7-11/h3,5-7,13H,2,4,8-10H2,1H3,(H2,21,22,23). The number of nitrogens with two attached hydrogens (primary N) is 1. The van der Waals surface area contributed by atoms with Crippen molar-refractivity contribution in [1.82, 2.24) is 9.97 Å². The van der Waals surface area contributed by atoms with Crippen LogP contribution >= 0.6 is 23.1 Å². The van der Waals surface area contributed by atoms with E-state index >= 15 is 0 Å². The highest BCUT2D eigenvalue weighted by molar-refractivity contribution is 7.98. The Hall–Kier alpha value is -1.70. The van der Waals surface area contributed by atoms with Crippen molar-refractivity contribution in [2.45, 2.75) is 49.8 Å². The molecule has 0 bridgehead atoms. The molecule has 2 N–H and O–H groups in total. The van der Waals surface area contributed by atoms with Crippen LogP contribution in [0.25, 0.3) is 10.2 Å². The molecule has 0 amide bonds. The van der Waals surface area contributed by atoms with Crippen molar-refractivity contribution in [2.75, 3.05) is 5.73 Å². The molecule has 1 unspecified atom stereocenters. The fourth-order valence-electron chi connectivity index (χ4n) is 3.27. The van der Waals surface area contributed by atoms with E-state index in [1.54, 1.807) is 17.4 Å². The number of hydrogen-bond donors (Lipinski definition) is 1. The molecule has 4 rings (SSSR count). The van der Waals surface area contributed by atoms with Crippen LogP contribution in [0.3, 0.4) is 0 Å². The predicted molar refractivity (Wildman–Crippen MR) is 105 cm³/mol. The molecule has 0 saturated heterocycles. The number of ether oxygens (including phenoxy) is 1. The quantitative estimate of drug-likeness (QED) is 0.494. The molecule has 0 spiro atoms. The van der Waals surface area contributed by atoms with Crippen LogP contribution in [0.1, 0.15) is 35.8 Å². The van der Waals surface area contributed by atoms with E-state index < -0.39 is 0 Å². The molecule has 3 aromatic rings. The third-order valence-electron chi connectivity index (χ3n) is 4.49. The van der Waals surface area contributed by atoms with E-state index in [-0.39, 0.29) is 11.9 Å². The van der Waals surface area contributed by atoms with Gasteiger partial charge in [-0.25, -0.2) is 14.4 Å². The maximum absolute atomic E-state index is 13.3. The van der Waals surface area contributed by atoms with Gasteiger partial charge in [-0.1, -0.05) is 37.2 Å². The molecule has 0 aliphatic carbocycles. The molecule has 1 aromatic carbocycles. The SMILES string of the molecule is CCCC1Cc2c(sc3nc(SCc4cccc(F)c4)nc(N)c23)CO1. The topological polar surface area (TPSA) is 61.0 Å². The number of fused-ring (bicyclic) bond motifs is 3. The van der Waals surface area contributed by atoms with E-state index in [0.717, 1.165) is 35.0 Å². The van der Waals surface area contributed by atoms with Gasteiger partial charge in [-0.15, -0.1) is 11.3 Å². The molecule has 4 nitrogen and oxygen atoms in total. The van der Waals surface area contributed by atoms with Crippen LogP contribution in [0.5, 0.6) is 0 Å². The number of benzene rings is 1. The lowest BCUT2D eigenvalue weighted by atomic mass is 10.0. The molecule has 3 heterocycles. The number of thioether (sulfide) groups is 1. The van der Waals surface area contributed by atoms with Crippen molar-refractivity contribution < 1.29 is 9.13 Å². The summed E-state index contributed by atoms with van der Waals surface area (Å²) in [5.74, 6) is 0.910. The minimum atomic E-state index is -0.230. The van der Waals surface area contributed by atoms with Crippen LogP contribution in [0.4, 0.5) is 10.2 Å².